The van der Waals surface area contributed by atoms with Gasteiger partial charge in [0.2, 0.25) is 5.91 Å². The van der Waals surface area contributed by atoms with Crippen molar-refractivity contribution in [2.45, 2.75) is 173 Å². The molecule has 0 spiro atoms. The molecular formula is C31H61NO5. The highest BCUT2D eigenvalue weighted by Crippen LogP contribution is 2.14. The molecule has 6 heteroatoms. The summed E-state index contributed by atoms with van der Waals surface area (Å²) in [4.78, 5) is 12.3. The molecule has 0 aromatic heterocycles. The zero-order chi connectivity index (χ0) is 27.6. The zero-order valence-electron chi connectivity index (χ0n) is 24.2. The normalized spacial score (nSPS) is 15.1. The third-order valence-corrected chi connectivity index (χ3v) is 7.23. The molecule has 0 radical (unpaired) electrons. The molecule has 4 unspecified atom stereocenters. The molecule has 37 heavy (non-hydrogen) atoms. The number of unbranched alkanes of at least 4 members (excludes halogenated alkanes) is 16. The third-order valence-electron chi connectivity index (χ3n) is 7.23. The lowest BCUT2D eigenvalue weighted by Crippen LogP contribution is -2.53. The van der Waals surface area contributed by atoms with Gasteiger partial charge in [-0.15, -0.1) is 0 Å². The molecule has 5 N–H and O–H groups in total. The summed E-state index contributed by atoms with van der Waals surface area (Å²) in [6.45, 7) is 3.91. The highest BCUT2D eigenvalue weighted by Gasteiger charge is 2.28. The third kappa shape index (κ3) is 21.7. The fourth-order valence-corrected chi connectivity index (χ4v) is 4.63. The predicted octanol–water partition coefficient (Wildman–Crippen LogP) is 6.33. The first-order chi connectivity index (χ1) is 18.0. The second-order valence-corrected chi connectivity index (χ2v) is 10.8. The smallest absolute Gasteiger partial charge is 0.249 e. The van der Waals surface area contributed by atoms with Gasteiger partial charge in [-0.3, -0.25) is 4.79 Å². The van der Waals surface area contributed by atoms with Gasteiger partial charge < -0.3 is 25.7 Å². The second kappa shape index (κ2) is 26.6. The van der Waals surface area contributed by atoms with E-state index in [4.69, 9.17) is 0 Å². The average Bonchev–Trinajstić information content (AvgIpc) is 2.90. The SMILES string of the molecule is CCCCCCCC/C=C\CCCCCCCCC(O)C(=O)NC(CO)C(O)C(O)CCCCCCC. The van der Waals surface area contributed by atoms with Crippen LogP contribution in [0.15, 0.2) is 12.2 Å². The lowest BCUT2D eigenvalue weighted by molar-refractivity contribution is -0.132. The van der Waals surface area contributed by atoms with Gasteiger partial charge in [-0.1, -0.05) is 122 Å². The Kier molecular flexibility index (Phi) is 26.0. The van der Waals surface area contributed by atoms with Crippen molar-refractivity contribution in [3.8, 4) is 0 Å². The van der Waals surface area contributed by atoms with E-state index >= 15 is 0 Å². The molecule has 0 heterocycles. The number of aliphatic hydroxyl groups excluding tert-OH is 4. The highest BCUT2D eigenvalue weighted by molar-refractivity contribution is 5.80. The van der Waals surface area contributed by atoms with Gasteiger partial charge in [-0.2, -0.15) is 0 Å². The van der Waals surface area contributed by atoms with E-state index in [0.29, 0.717) is 12.8 Å². The molecule has 4 atom stereocenters. The maximum absolute atomic E-state index is 12.3. The molecule has 220 valence electrons. The van der Waals surface area contributed by atoms with Gasteiger partial charge in [0, 0.05) is 0 Å². The maximum atomic E-state index is 12.3. The summed E-state index contributed by atoms with van der Waals surface area (Å²) < 4.78 is 0. The molecule has 0 aliphatic rings. The Morgan fingerprint density at radius 2 is 1.08 bits per heavy atom. The van der Waals surface area contributed by atoms with Gasteiger partial charge in [0.1, 0.15) is 12.2 Å². The predicted molar refractivity (Wildman–Crippen MR) is 154 cm³/mol. The van der Waals surface area contributed by atoms with Crippen molar-refractivity contribution in [2.24, 2.45) is 0 Å². The number of hydrogen-bond donors (Lipinski definition) is 5. The van der Waals surface area contributed by atoms with Crippen molar-refractivity contribution in [3.05, 3.63) is 12.2 Å². The molecule has 0 saturated heterocycles. The Bertz CT molecular complexity index is 528. The van der Waals surface area contributed by atoms with Crippen molar-refractivity contribution < 1.29 is 25.2 Å². The number of rotatable bonds is 27. The highest BCUT2D eigenvalue weighted by atomic mass is 16.3. The summed E-state index contributed by atoms with van der Waals surface area (Å²) in [5, 5.41) is 42.8. The van der Waals surface area contributed by atoms with Crippen LogP contribution in [0.5, 0.6) is 0 Å². The fraction of sp³-hybridized carbons (Fsp3) is 0.903. The van der Waals surface area contributed by atoms with Crippen molar-refractivity contribution in [3.63, 3.8) is 0 Å². The first-order valence-corrected chi connectivity index (χ1v) is 15.6. The van der Waals surface area contributed by atoms with Crippen molar-refractivity contribution in [1.82, 2.24) is 5.32 Å². The molecule has 0 saturated carbocycles. The van der Waals surface area contributed by atoms with E-state index in [2.05, 4.69) is 31.3 Å². The summed E-state index contributed by atoms with van der Waals surface area (Å²) in [6.07, 6.45) is 24.1. The lowest BCUT2D eigenvalue weighted by Gasteiger charge is -2.27. The van der Waals surface area contributed by atoms with E-state index in [1.165, 1.54) is 64.2 Å². The van der Waals surface area contributed by atoms with Gasteiger partial charge in [0.15, 0.2) is 0 Å². The van der Waals surface area contributed by atoms with E-state index in [9.17, 15) is 25.2 Å². The number of carbonyl (C=O) groups excluding carboxylic acids is 1. The van der Waals surface area contributed by atoms with Crippen LogP contribution >= 0.6 is 0 Å². The summed E-state index contributed by atoms with van der Waals surface area (Å²) >= 11 is 0. The van der Waals surface area contributed by atoms with Gasteiger partial charge in [0.05, 0.1) is 18.8 Å². The van der Waals surface area contributed by atoms with E-state index in [0.717, 1.165) is 57.8 Å². The van der Waals surface area contributed by atoms with E-state index in [1.54, 1.807) is 0 Å². The van der Waals surface area contributed by atoms with E-state index in [1.807, 2.05) is 0 Å². The van der Waals surface area contributed by atoms with Crippen LogP contribution in [0.3, 0.4) is 0 Å². The van der Waals surface area contributed by atoms with Gasteiger partial charge in [-0.25, -0.2) is 0 Å². The Balaban J connectivity index is 3.81. The number of nitrogens with one attached hydrogen (secondary N) is 1. The summed E-state index contributed by atoms with van der Waals surface area (Å²) in [6, 6.07) is -0.979. The zero-order valence-corrected chi connectivity index (χ0v) is 24.2. The molecule has 0 aliphatic carbocycles. The van der Waals surface area contributed by atoms with Crippen molar-refractivity contribution >= 4 is 5.91 Å². The number of aliphatic hydroxyl groups is 4. The van der Waals surface area contributed by atoms with Gasteiger partial charge in [0.25, 0.3) is 0 Å². The first kappa shape index (κ1) is 36.0. The first-order valence-electron chi connectivity index (χ1n) is 15.6. The fourth-order valence-electron chi connectivity index (χ4n) is 4.63. The molecule has 0 aliphatic heterocycles. The second-order valence-electron chi connectivity index (χ2n) is 10.8. The minimum Gasteiger partial charge on any atom is -0.394 e. The van der Waals surface area contributed by atoms with Crippen molar-refractivity contribution in [1.29, 1.82) is 0 Å². The van der Waals surface area contributed by atoms with Crippen LogP contribution in [0, 0.1) is 0 Å². The standard InChI is InChI=1S/C31H61NO5/c1-3-5-7-9-10-11-12-13-14-15-16-17-18-19-21-23-25-29(35)31(37)32-27(26-33)30(36)28(34)24-22-20-8-6-4-2/h13-14,27-30,33-36H,3-12,15-26H2,1-2H3,(H,32,37)/b14-13-. The molecule has 0 fully saturated rings. The molecule has 0 aromatic carbocycles. The van der Waals surface area contributed by atoms with Crippen LogP contribution in [0.4, 0.5) is 0 Å². The number of allylic oxidation sites excluding steroid dienone is 2. The van der Waals surface area contributed by atoms with Crippen LogP contribution in [-0.2, 0) is 4.79 Å². The quantitative estimate of drug-likeness (QED) is 0.0633. The van der Waals surface area contributed by atoms with Crippen molar-refractivity contribution in [2.75, 3.05) is 6.61 Å². The van der Waals surface area contributed by atoms with Gasteiger partial charge >= 0.3 is 0 Å². The Labute approximate surface area is 228 Å². The Hall–Kier alpha value is -0.950. The Morgan fingerprint density at radius 1 is 0.649 bits per heavy atom. The van der Waals surface area contributed by atoms with Crippen LogP contribution in [0.2, 0.25) is 0 Å². The largest absolute Gasteiger partial charge is 0.394 e. The molecule has 1 amide bonds. The monoisotopic (exact) mass is 527 g/mol. The van der Waals surface area contributed by atoms with Crippen LogP contribution < -0.4 is 5.32 Å². The minimum absolute atomic E-state index is 0.362. The van der Waals surface area contributed by atoms with E-state index < -0.39 is 36.9 Å². The number of amides is 1. The molecular weight excluding hydrogens is 466 g/mol. The minimum atomic E-state index is -1.25. The summed E-state index contributed by atoms with van der Waals surface area (Å²) in [5.74, 6) is -0.596. The number of carbonyl (C=O) groups is 1. The summed E-state index contributed by atoms with van der Waals surface area (Å²) in [5.41, 5.74) is 0. The van der Waals surface area contributed by atoms with E-state index in [-0.39, 0.29) is 0 Å². The molecule has 0 bridgehead atoms. The molecule has 0 rings (SSSR count). The topological polar surface area (TPSA) is 110 Å². The lowest BCUT2D eigenvalue weighted by atomic mass is 9.99. The van der Waals surface area contributed by atoms with Gasteiger partial charge in [-0.05, 0) is 38.5 Å². The maximum Gasteiger partial charge on any atom is 0.249 e. The van der Waals surface area contributed by atoms with Crippen LogP contribution in [0.25, 0.3) is 0 Å². The Morgan fingerprint density at radius 3 is 1.57 bits per heavy atom. The van der Waals surface area contributed by atoms with Crippen LogP contribution in [0.1, 0.15) is 149 Å². The van der Waals surface area contributed by atoms with Crippen LogP contribution in [-0.4, -0.2) is 57.3 Å². The average molecular weight is 528 g/mol. The summed E-state index contributed by atoms with van der Waals surface area (Å²) in [7, 11) is 0. The molecule has 6 nitrogen and oxygen atoms in total. The molecule has 0 aromatic rings. The number of hydrogen-bond acceptors (Lipinski definition) is 5.